The summed E-state index contributed by atoms with van der Waals surface area (Å²) in [7, 11) is 0. The van der Waals surface area contributed by atoms with Crippen LogP contribution in [-0.4, -0.2) is 71.8 Å². The molecule has 0 unspecified atom stereocenters. The van der Waals surface area contributed by atoms with Gasteiger partial charge in [-0.3, -0.25) is 24.2 Å². The number of hydrogen-bond acceptors (Lipinski definition) is 9. The zero-order valence-electron chi connectivity index (χ0n) is 23.5. The predicted octanol–water partition coefficient (Wildman–Crippen LogP) is -1.62. The number of guanidine groups is 1. The maximum absolute atomic E-state index is 13.5. The normalized spacial score (nSPS) is 13.7. The smallest absolute Gasteiger partial charge is 0.243 e. The Labute approximate surface area is 249 Å². The van der Waals surface area contributed by atoms with E-state index in [1.54, 1.807) is 10.9 Å². The van der Waals surface area contributed by atoms with Crippen LogP contribution in [0.1, 0.15) is 43.4 Å². The van der Waals surface area contributed by atoms with Crippen molar-refractivity contribution in [1.29, 1.82) is 0 Å². The lowest BCUT2D eigenvalue weighted by molar-refractivity contribution is -0.133. The van der Waals surface area contributed by atoms with Crippen LogP contribution in [0, 0.1) is 0 Å². The van der Waals surface area contributed by atoms with E-state index in [1.165, 1.54) is 11.3 Å². The second kappa shape index (κ2) is 18.4. The van der Waals surface area contributed by atoms with E-state index in [0.717, 1.165) is 5.56 Å². The minimum absolute atomic E-state index is 0.0531. The van der Waals surface area contributed by atoms with Crippen LogP contribution in [0.5, 0.6) is 0 Å². The van der Waals surface area contributed by atoms with E-state index in [1.807, 2.05) is 30.3 Å². The molecule has 4 amide bonds. The molecule has 1 heterocycles. The molecule has 0 fully saturated rings. The summed E-state index contributed by atoms with van der Waals surface area (Å²) < 4.78 is 0. The summed E-state index contributed by atoms with van der Waals surface area (Å²) in [4.78, 5) is 59.9. The highest BCUT2D eigenvalue weighted by Gasteiger charge is 2.30. The van der Waals surface area contributed by atoms with Gasteiger partial charge in [-0.25, -0.2) is 4.98 Å². The maximum Gasteiger partial charge on any atom is 0.243 e. The third-order valence-corrected chi connectivity index (χ3v) is 6.99. The Kier molecular flexibility index (Phi) is 14.9. The molecule has 0 aliphatic heterocycles. The van der Waals surface area contributed by atoms with Gasteiger partial charge in [0.1, 0.15) is 18.1 Å². The number of benzene rings is 1. The quantitative estimate of drug-likeness (QED) is 0.0521. The van der Waals surface area contributed by atoms with Crippen LogP contribution < -0.4 is 44.6 Å². The highest BCUT2D eigenvalue weighted by Crippen LogP contribution is 2.09. The molecule has 2 aromatic rings. The van der Waals surface area contributed by atoms with E-state index in [4.69, 9.17) is 28.7 Å². The molecular weight excluding hydrogens is 560 g/mol. The third kappa shape index (κ3) is 12.6. The van der Waals surface area contributed by atoms with Crippen LogP contribution in [0.4, 0.5) is 0 Å². The number of nitrogens with one attached hydrogen (secondary N) is 3. The number of rotatable bonds is 19. The average Bonchev–Trinajstić information content (AvgIpc) is 3.47. The maximum atomic E-state index is 13.5. The highest BCUT2D eigenvalue weighted by atomic mass is 32.1. The Hall–Kier alpha value is -4.08. The molecule has 2 rings (SSSR count). The molecule has 0 aliphatic carbocycles. The summed E-state index contributed by atoms with van der Waals surface area (Å²) in [6.45, 7) is 0.664. The standard InChI is InChI=1S/C27H42N10O4S/c28-11-5-4-9-20(23(30)38)35-26(41)22(14-18-15-42-16-34-18)37-25(40)21(10-6-12-33-27(31)32)36-24(39)19(29)13-17-7-2-1-3-8-17/h1-3,7-8,15-16,19-22H,4-6,9-14,28-29H2,(H2,30,38)(H,35,41)(H,36,39)(H,37,40)(H4,31,32,33)/t19-,20-,21+,22-/m0/s1. The zero-order valence-corrected chi connectivity index (χ0v) is 24.4. The molecule has 42 heavy (non-hydrogen) atoms. The first-order valence-electron chi connectivity index (χ1n) is 13.7. The number of thiazole rings is 1. The molecule has 1 aromatic heterocycles. The van der Waals surface area contributed by atoms with Gasteiger partial charge in [0.25, 0.3) is 0 Å². The average molecular weight is 603 g/mol. The third-order valence-electron chi connectivity index (χ3n) is 6.35. The number of amides is 4. The van der Waals surface area contributed by atoms with Crippen LogP contribution >= 0.6 is 11.3 Å². The molecule has 0 saturated carbocycles. The summed E-state index contributed by atoms with van der Waals surface area (Å²) in [6.07, 6.45) is 2.39. The topological polar surface area (TPSA) is 260 Å². The molecule has 0 bridgehead atoms. The van der Waals surface area contributed by atoms with Crippen molar-refractivity contribution in [2.24, 2.45) is 33.7 Å². The number of nitrogens with zero attached hydrogens (tertiary/aromatic N) is 2. The molecule has 0 aliphatic rings. The second-order valence-corrected chi connectivity index (χ2v) is 10.5. The van der Waals surface area contributed by atoms with Crippen molar-refractivity contribution >= 4 is 40.9 Å². The van der Waals surface area contributed by atoms with Crippen molar-refractivity contribution in [3.8, 4) is 0 Å². The van der Waals surface area contributed by atoms with Gasteiger partial charge in [-0.15, -0.1) is 11.3 Å². The summed E-state index contributed by atoms with van der Waals surface area (Å²) in [6, 6.07) is 5.23. The number of aromatic nitrogens is 1. The van der Waals surface area contributed by atoms with Gasteiger partial charge in [-0.1, -0.05) is 30.3 Å². The number of hydrogen-bond donors (Lipinski definition) is 8. The van der Waals surface area contributed by atoms with Crippen molar-refractivity contribution in [3.05, 3.63) is 52.5 Å². The van der Waals surface area contributed by atoms with Crippen molar-refractivity contribution < 1.29 is 19.2 Å². The number of unbranched alkanes of at least 4 members (excludes halogenated alkanes) is 1. The van der Waals surface area contributed by atoms with Gasteiger partial charge >= 0.3 is 0 Å². The molecule has 0 spiro atoms. The molecule has 230 valence electrons. The van der Waals surface area contributed by atoms with E-state index in [9.17, 15) is 19.2 Å². The summed E-state index contributed by atoms with van der Waals surface area (Å²) in [5.74, 6) is -2.56. The van der Waals surface area contributed by atoms with E-state index < -0.39 is 47.8 Å². The summed E-state index contributed by atoms with van der Waals surface area (Å²) >= 11 is 1.33. The van der Waals surface area contributed by atoms with Crippen LogP contribution in [-0.2, 0) is 32.0 Å². The van der Waals surface area contributed by atoms with Gasteiger partial charge in [0.2, 0.25) is 23.6 Å². The number of aliphatic imine (C=N–C) groups is 1. The fourth-order valence-electron chi connectivity index (χ4n) is 4.09. The van der Waals surface area contributed by atoms with Crippen molar-refractivity contribution in [3.63, 3.8) is 0 Å². The Morgan fingerprint density at radius 3 is 2.10 bits per heavy atom. The largest absolute Gasteiger partial charge is 0.370 e. The monoisotopic (exact) mass is 602 g/mol. The Morgan fingerprint density at radius 2 is 1.48 bits per heavy atom. The first kappa shape index (κ1) is 34.1. The van der Waals surface area contributed by atoms with Gasteiger partial charge in [-0.2, -0.15) is 0 Å². The SMILES string of the molecule is NCCCC[C@H](NC(=O)[C@H](Cc1cscn1)NC(=O)[C@@H](CCCN=C(N)N)NC(=O)[C@@H](N)Cc1ccccc1)C(N)=O. The highest BCUT2D eigenvalue weighted by molar-refractivity contribution is 7.07. The van der Waals surface area contributed by atoms with Gasteiger partial charge in [0, 0.05) is 18.3 Å². The molecule has 15 heteroatoms. The summed E-state index contributed by atoms with van der Waals surface area (Å²) in [5, 5.41) is 9.80. The minimum Gasteiger partial charge on any atom is -0.370 e. The van der Waals surface area contributed by atoms with Crippen LogP contribution in [0.2, 0.25) is 0 Å². The van der Waals surface area contributed by atoms with E-state index in [-0.39, 0.29) is 31.8 Å². The van der Waals surface area contributed by atoms with Crippen LogP contribution in [0.3, 0.4) is 0 Å². The second-order valence-electron chi connectivity index (χ2n) is 9.80. The van der Waals surface area contributed by atoms with Crippen molar-refractivity contribution in [1.82, 2.24) is 20.9 Å². The molecule has 0 radical (unpaired) electrons. The van der Waals surface area contributed by atoms with Crippen molar-refractivity contribution in [2.45, 2.75) is 69.1 Å². The van der Waals surface area contributed by atoms with Gasteiger partial charge in [-0.05, 0) is 50.6 Å². The fraction of sp³-hybridized carbons (Fsp3) is 0.481. The Balaban J connectivity index is 2.19. The van der Waals surface area contributed by atoms with Gasteiger partial charge in [0.15, 0.2) is 5.96 Å². The minimum atomic E-state index is -1.11. The van der Waals surface area contributed by atoms with E-state index >= 15 is 0 Å². The zero-order chi connectivity index (χ0) is 30.9. The van der Waals surface area contributed by atoms with Gasteiger partial charge in [0.05, 0.1) is 17.2 Å². The number of nitrogens with two attached hydrogens (primary N) is 5. The number of primary amides is 1. The first-order chi connectivity index (χ1) is 20.1. The number of carbonyl (C=O) groups is 4. The lowest BCUT2D eigenvalue weighted by atomic mass is 10.0. The molecule has 4 atom stereocenters. The van der Waals surface area contributed by atoms with Crippen LogP contribution in [0.15, 0.2) is 46.2 Å². The lowest BCUT2D eigenvalue weighted by Gasteiger charge is -2.25. The Bertz CT molecular complexity index is 1160. The van der Waals surface area contributed by atoms with Crippen LogP contribution in [0.25, 0.3) is 0 Å². The fourth-order valence-corrected chi connectivity index (χ4v) is 4.66. The van der Waals surface area contributed by atoms with Gasteiger partial charge < -0.3 is 44.6 Å². The van der Waals surface area contributed by atoms with Crippen molar-refractivity contribution in [2.75, 3.05) is 13.1 Å². The number of carbonyl (C=O) groups excluding carboxylic acids is 4. The lowest BCUT2D eigenvalue weighted by Crippen LogP contribution is -2.58. The predicted molar refractivity (Wildman–Crippen MR) is 162 cm³/mol. The molecule has 0 saturated heterocycles. The van der Waals surface area contributed by atoms with E-state index in [2.05, 4.69) is 25.9 Å². The molecule has 13 N–H and O–H groups in total. The Morgan fingerprint density at radius 1 is 0.833 bits per heavy atom. The summed E-state index contributed by atoms with van der Waals surface area (Å²) in [5.41, 5.74) is 31.0. The first-order valence-corrected chi connectivity index (χ1v) is 14.7. The molecule has 14 nitrogen and oxygen atoms in total. The molecule has 1 aromatic carbocycles. The molecular formula is C27H42N10O4S. The van der Waals surface area contributed by atoms with E-state index in [0.29, 0.717) is 37.9 Å².